The van der Waals surface area contributed by atoms with Gasteiger partial charge in [0.1, 0.15) is 24.7 Å². The van der Waals surface area contributed by atoms with E-state index in [0.717, 1.165) is 93.7 Å². The minimum atomic E-state index is -0.509. The van der Waals surface area contributed by atoms with Crippen molar-refractivity contribution in [3.05, 3.63) is 97.6 Å². The summed E-state index contributed by atoms with van der Waals surface area (Å²) in [5.74, 6) is 0.316. The van der Waals surface area contributed by atoms with Crippen LogP contribution in [0.2, 0.25) is 0 Å². The molecule has 0 atom stereocenters. The number of hydrogen-bond donors (Lipinski definition) is 2. The van der Waals surface area contributed by atoms with Crippen molar-refractivity contribution in [2.24, 2.45) is 0 Å². The van der Waals surface area contributed by atoms with Crippen molar-refractivity contribution >= 4 is 38.4 Å². The Morgan fingerprint density at radius 3 is 1.80 bits per heavy atom. The Kier molecular flexibility index (Phi) is 12.1. The summed E-state index contributed by atoms with van der Waals surface area (Å²) in [6.07, 6.45) is 7.72. The SMILES string of the molecule is CCCCc1cc(C)c(COC(=O)c2ccc(C(=O)OCc3c(C)cc(CCCC)c(O)c3C)c(C3=CCSS3)c2)c(C)c1O. The fourth-order valence-electron chi connectivity index (χ4n) is 5.64. The van der Waals surface area contributed by atoms with Crippen molar-refractivity contribution in [2.75, 3.05) is 5.75 Å². The molecule has 0 radical (unpaired) electrons. The number of aryl methyl sites for hydroxylation is 4. The normalized spacial score (nSPS) is 12.7. The molecule has 8 heteroatoms. The Morgan fingerprint density at radius 1 is 0.778 bits per heavy atom. The second-order valence-corrected chi connectivity index (χ2v) is 14.0. The van der Waals surface area contributed by atoms with Crippen LogP contribution in [0.4, 0.5) is 0 Å². The lowest BCUT2D eigenvalue weighted by Gasteiger charge is -2.17. The number of esters is 2. The molecule has 3 aromatic rings. The van der Waals surface area contributed by atoms with Crippen LogP contribution in [0.5, 0.6) is 11.5 Å². The Hall–Kier alpha value is -3.36. The van der Waals surface area contributed by atoms with E-state index in [1.807, 2.05) is 45.9 Å². The Morgan fingerprint density at radius 2 is 1.31 bits per heavy atom. The third kappa shape index (κ3) is 8.08. The van der Waals surface area contributed by atoms with Crippen LogP contribution in [0.25, 0.3) is 4.91 Å². The predicted octanol–water partition coefficient (Wildman–Crippen LogP) is 9.47. The molecular formula is C37H44O6S2. The van der Waals surface area contributed by atoms with Gasteiger partial charge in [0.2, 0.25) is 0 Å². The summed E-state index contributed by atoms with van der Waals surface area (Å²) < 4.78 is 11.5. The number of carbonyl (C=O) groups excluding carboxylic acids is 2. The molecular weight excluding hydrogens is 605 g/mol. The van der Waals surface area contributed by atoms with E-state index in [0.29, 0.717) is 16.7 Å². The number of hydrogen-bond acceptors (Lipinski definition) is 8. The molecule has 0 unspecified atom stereocenters. The molecule has 2 N–H and O–H groups in total. The molecule has 0 bridgehead atoms. The largest absolute Gasteiger partial charge is 0.507 e. The number of rotatable bonds is 13. The van der Waals surface area contributed by atoms with Crippen molar-refractivity contribution in [3.63, 3.8) is 0 Å². The van der Waals surface area contributed by atoms with E-state index in [4.69, 9.17) is 9.47 Å². The number of benzene rings is 3. The molecule has 0 amide bonds. The van der Waals surface area contributed by atoms with Gasteiger partial charge in [-0.1, -0.05) is 66.5 Å². The third-order valence-electron chi connectivity index (χ3n) is 8.48. The first kappa shape index (κ1) is 34.5. The van der Waals surface area contributed by atoms with E-state index in [-0.39, 0.29) is 24.7 Å². The second-order valence-electron chi connectivity index (χ2n) is 11.7. The lowest BCUT2D eigenvalue weighted by Crippen LogP contribution is -2.12. The summed E-state index contributed by atoms with van der Waals surface area (Å²) in [5, 5.41) is 21.5. The minimum Gasteiger partial charge on any atom is -0.507 e. The molecule has 1 heterocycles. The van der Waals surface area contributed by atoms with Gasteiger partial charge in [-0.2, -0.15) is 0 Å². The van der Waals surface area contributed by atoms with Gasteiger partial charge in [-0.15, -0.1) is 0 Å². The van der Waals surface area contributed by atoms with E-state index in [2.05, 4.69) is 13.8 Å². The molecule has 4 rings (SSSR count). The number of phenolic OH excluding ortho intramolecular Hbond substituents is 2. The number of ether oxygens (including phenoxy) is 2. The number of unbranched alkanes of at least 4 members (excludes halogenated alkanes) is 2. The van der Waals surface area contributed by atoms with Crippen LogP contribution in [0, 0.1) is 27.7 Å². The van der Waals surface area contributed by atoms with Gasteiger partial charge in [0.15, 0.2) is 0 Å². The minimum absolute atomic E-state index is 0.0328. The Labute approximate surface area is 275 Å². The van der Waals surface area contributed by atoms with Gasteiger partial charge in [-0.05, 0) is 116 Å². The third-order valence-corrected chi connectivity index (χ3v) is 10.8. The second kappa shape index (κ2) is 15.8. The summed E-state index contributed by atoms with van der Waals surface area (Å²) in [7, 11) is 3.21. The first-order chi connectivity index (χ1) is 21.6. The molecule has 0 saturated carbocycles. The van der Waals surface area contributed by atoms with E-state index in [1.165, 1.54) is 0 Å². The lowest BCUT2D eigenvalue weighted by atomic mass is 9.95. The molecule has 6 nitrogen and oxygen atoms in total. The maximum absolute atomic E-state index is 13.4. The lowest BCUT2D eigenvalue weighted by molar-refractivity contribution is 0.0456. The smallest absolute Gasteiger partial charge is 0.339 e. The van der Waals surface area contributed by atoms with Crippen LogP contribution in [-0.4, -0.2) is 27.9 Å². The average Bonchev–Trinajstić information content (AvgIpc) is 3.57. The maximum Gasteiger partial charge on any atom is 0.339 e. The van der Waals surface area contributed by atoms with Crippen molar-refractivity contribution < 1.29 is 29.3 Å². The molecule has 0 aromatic heterocycles. The topological polar surface area (TPSA) is 93.1 Å². The number of aromatic hydroxyl groups is 2. The van der Waals surface area contributed by atoms with Gasteiger partial charge in [-0.25, -0.2) is 9.59 Å². The quantitative estimate of drug-likeness (QED) is 0.140. The maximum atomic E-state index is 13.4. The molecule has 45 heavy (non-hydrogen) atoms. The first-order valence-corrected chi connectivity index (χ1v) is 18.0. The van der Waals surface area contributed by atoms with Crippen molar-refractivity contribution in [2.45, 2.75) is 93.3 Å². The highest BCUT2D eigenvalue weighted by Crippen LogP contribution is 2.44. The highest BCUT2D eigenvalue weighted by atomic mass is 33.1. The van der Waals surface area contributed by atoms with Gasteiger partial charge in [0.25, 0.3) is 0 Å². The van der Waals surface area contributed by atoms with E-state index >= 15 is 0 Å². The zero-order valence-corrected chi connectivity index (χ0v) is 28.8. The fraction of sp³-hybridized carbons (Fsp3) is 0.405. The number of carbonyl (C=O) groups is 2. The molecule has 0 aliphatic carbocycles. The van der Waals surface area contributed by atoms with Crippen LogP contribution >= 0.6 is 21.6 Å². The fourth-order valence-corrected chi connectivity index (χ4v) is 7.85. The van der Waals surface area contributed by atoms with Crippen molar-refractivity contribution in [3.8, 4) is 11.5 Å². The molecule has 0 spiro atoms. The Balaban J connectivity index is 1.52. The van der Waals surface area contributed by atoms with Gasteiger partial charge >= 0.3 is 11.9 Å². The predicted molar refractivity (Wildman–Crippen MR) is 185 cm³/mol. The zero-order chi connectivity index (χ0) is 32.7. The van der Waals surface area contributed by atoms with Crippen LogP contribution in [0.3, 0.4) is 0 Å². The van der Waals surface area contributed by atoms with E-state index in [9.17, 15) is 19.8 Å². The van der Waals surface area contributed by atoms with Gasteiger partial charge in [-0.3, -0.25) is 0 Å². The summed E-state index contributed by atoms with van der Waals surface area (Å²) >= 11 is 0. The Bertz CT molecular complexity index is 1610. The monoisotopic (exact) mass is 648 g/mol. The van der Waals surface area contributed by atoms with Gasteiger partial charge < -0.3 is 19.7 Å². The van der Waals surface area contributed by atoms with Crippen molar-refractivity contribution in [1.82, 2.24) is 0 Å². The van der Waals surface area contributed by atoms with E-state index in [1.54, 1.807) is 39.8 Å². The highest BCUT2D eigenvalue weighted by Gasteiger charge is 2.23. The average molecular weight is 649 g/mol. The van der Waals surface area contributed by atoms with Gasteiger partial charge in [0, 0.05) is 16.2 Å². The molecule has 0 fully saturated rings. The zero-order valence-electron chi connectivity index (χ0n) is 27.2. The van der Waals surface area contributed by atoms with Crippen LogP contribution < -0.4 is 0 Å². The van der Waals surface area contributed by atoms with Gasteiger partial charge in [0.05, 0.1) is 11.1 Å². The molecule has 1 aliphatic rings. The van der Waals surface area contributed by atoms with Crippen molar-refractivity contribution in [1.29, 1.82) is 0 Å². The standard InChI is InChI=1S/C37H44O6S2/c1-7-9-11-26-17-22(3)31(24(5)34(26)38)20-42-36(40)28-13-14-29(30(19-28)33-15-16-44-45-33)37(41)43-21-32-23(4)18-27(12-10-8-2)35(39)25(32)6/h13-15,17-19,38-39H,7-12,16,20-21H2,1-6H3. The first-order valence-electron chi connectivity index (χ1n) is 15.7. The van der Waals surface area contributed by atoms with Crippen LogP contribution in [-0.2, 0) is 35.5 Å². The summed E-state index contributed by atoms with van der Waals surface area (Å²) in [4.78, 5) is 27.6. The summed E-state index contributed by atoms with van der Waals surface area (Å²) in [6, 6.07) is 8.86. The molecule has 240 valence electrons. The molecule has 3 aromatic carbocycles. The molecule has 0 saturated heterocycles. The number of phenols is 2. The van der Waals surface area contributed by atoms with E-state index < -0.39 is 11.9 Å². The molecule has 1 aliphatic heterocycles. The summed E-state index contributed by atoms with van der Waals surface area (Å²) in [6.45, 7) is 12.0. The summed E-state index contributed by atoms with van der Waals surface area (Å²) in [5.41, 5.74) is 8.15. The van der Waals surface area contributed by atoms with Crippen LogP contribution in [0.15, 0.2) is 36.4 Å². The van der Waals surface area contributed by atoms with Crippen LogP contribution in [0.1, 0.15) is 110 Å². The highest BCUT2D eigenvalue weighted by molar-refractivity contribution is 8.80.